The van der Waals surface area contributed by atoms with E-state index in [9.17, 15) is 14.0 Å². The fraction of sp³-hybridized carbons (Fsp3) is 0.368. The van der Waals surface area contributed by atoms with Gasteiger partial charge in [0.05, 0.1) is 0 Å². The molecule has 6 heteroatoms. The molecule has 0 radical (unpaired) electrons. The van der Waals surface area contributed by atoms with Gasteiger partial charge in [0.25, 0.3) is 11.5 Å². The highest BCUT2D eigenvalue weighted by atomic mass is 19.1. The highest BCUT2D eigenvalue weighted by molar-refractivity contribution is 5.95. The number of anilines is 1. The molecule has 1 aliphatic rings. The zero-order chi connectivity index (χ0) is 18.0. The van der Waals surface area contributed by atoms with Crippen molar-refractivity contribution >= 4 is 11.6 Å². The number of H-pyrrole nitrogens is 1. The Bertz CT molecular complexity index is 830. The molecule has 0 unspecified atom stereocenters. The summed E-state index contributed by atoms with van der Waals surface area (Å²) in [6, 6.07) is 8.21. The van der Waals surface area contributed by atoms with Crippen molar-refractivity contribution in [2.75, 3.05) is 31.1 Å². The summed E-state index contributed by atoms with van der Waals surface area (Å²) >= 11 is 0. The van der Waals surface area contributed by atoms with Crippen LogP contribution in [-0.4, -0.2) is 42.0 Å². The van der Waals surface area contributed by atoms with Gasteiger partial charge in [-0.2, -0.15) is 0 Å². The summed E-state index contributed by atoms with van der Waals surface area (Å²) < 4.78 is 13.1. The Balaban J connectivity index is 1.76. The molecule has 25 heavy (non-hydrogen) atoms. The van der Waals surface area contributed by atoms with Crippen LogP contribution in [0, 0.1) is 19.7 Å². The van der Waals surface area contributed by atoms with Gasteiger partial charge in [-0.25, -0.2) is 4.39 Å². The molecule has 1 fully saturated rings. The molecular weight excluding hydrogens is 321 g/mol. The molecule has 3 rings (SSSR count). The summed E-state index contributed by atoms with van der Waals surface area (Å²) in [4.78, 5) is 31.6. The molecule has 2 aromatic rings. The number of pyridine rings is 1. The predicted molar refractivity (Wildman–Crippen MR) is 95.7 cm³/mol. The first-order valence-corrected chi connectivity index (χ1v) is 8.46. The van der Waals surface area contributed by atoms with E-state index >= 15 is 0 Å². The largest absolute Gasteiger partial charge is 0.370 e. The second kappa shape index (κ2) is 7.09. The van der Waals surface area contributed by atoms with E-state index in [4.69, 9.17) is 0 Å². The van der Waals surface area contributed by atoms with Crippen LogP contribution in [0.5, 0.6) is 0 Å². The fourth-order valence-electron chi connectivity index (χ4n) is 3.31. The Kier molecular flexibility index (Phi) is 4.88. The number of halogens is 1. The molecule has 0 atom stereocenters. The number of carbonyl (C=O) groups is 1. The number of aromatic nitrogens is 1. The highest BCUT2D eigenvalue weighted by Gasteiger charge is 2.24. The molecule has 1 aliphatic heterocycles. The van der Waals surface area contributed by atoms with Gasteiger partial charge in [-0.15, -0.1) is 0 Å². The Hall–Kier alpha value is -2.63. The summed E-state index contributed by atoms with van der Waals surface area (Å²) in [6.07, 6.45) is 0.798. The normalized spacial score (nSPS) is 15.2. The minimum Gasteiger partial charge on any atom is -0.370 e. The van der Waals surface area contributed by atoms with Crippen LogP contribution in [0.15, 0.2) is 35.1 Å². The molecule has 1 N–H and O–H groups in total. The van der Waals surface area contributed by atoms with Crippen LogP contribution in [0.25, 0.3) is 0 Å². The first kappa shape index (κ1) is 17.2. The zero-order valence-electron chi connectivity index (χ0n) is 14.5. The van der Waals surface area contributed by atoms with E-state index in [1.165, 1.54) is 12.1 Å². The molecule has 0 saturated carbocycles. The van der Waals surface area contributed by atoms with Crippen molar-refractivity contribution < 1.29 is 9.18 Å². The van der Waals surface area contributed by atoms with Crippen molar-refractivity contribution in [2.45, 2.75) is 20.3 Å². The minimum atomic E-state index is -0.331. The average molecular weight is 343 g/mol. The van der Waals surface area contributed by atoms with Crippen LogP contribution in [0.1, 0.15) is 28.0 Å². The van der Waals surface area contributed by atoms with Crippen molar-refractivity contribution in [3.63, 3.8) is 0 Å². The lowest BCUT2D eigenvalue weighted by atomic mass is 10.1. The van der Waals surface area contributed by atoms with Gasteiger partial charge in [0.1, 0.15) is 11.4 Å². The van der Waals surface area contributed by atoms with Gasteiger partial charge in [0.2, 0.25) is 0 Å². The number of amides is 1. The maximum absolute atomic E-state index is 13.1. The molecular formula is C19H22FN3O2. The van der Waals surface area contributed by atoms with Gasteiger partial charge in [0.15, 0.2) is 0 Å². The first-order valence-electron chi connectivity index (χ1n) is 8.46. The summed E-state index contributed by atoms with van der Waals surface area (Å²) in [5, 5.41) is 0. The lowest BCUT2D eigenvalue weighted by molar-refractivity contribution is 0.0764. The van der Waals surface area contributed by atoms with Crippen LogP contribution in [0.3, 0.4) is 0 Å². The minimum absolute atomic E-state index is 0.222. The molecule has 1 saturated heterocycles. The lowest BCUT2D eigenvalue weighted by Gasteiger charge is -2.24. The molecule has 5 nitrogen and oxygen atoms in total. The molecule has 0 aliphatic carbocycles. The van der Waals surface area contributed by atoms with E-state index in [1.54, 1.807) is 30.9 Å². The van der Waals surface area contributed by atoms with Gasteiger partial charge in [-0.1, -0.05) is 0 Å². The zero-order valence-corrected chi connectivity index (χ0v) is 14.5. The Morgan fingerprint density at radius 1 is 1.08 bits per heavy atom. The number of benzene rings is 1. The molecule has 1 amide bonds. The van der Waals surface area contributed by atoms with Crippen LogP contribution in [-0.2, 0) is 0 Å². The number of aromatic amines is 1. The second-order valence-electron chi connectivity index (χ2n) is 6.45. The number of nitrogens with zero attached hydrogens (tertiary/aromatic N) is 2. The number of nitrogens with one attached hydrogen (secondary N) is 1. The van der Waals surface area contributed by atoms with Gasteiger partial charge in [-0.05, 0) is 56.2 Å². The maximum atomic E-state index is 13.1. The van der Waals surface area contributed by atoms with E-state index in [0.717, 1.165) is 24.3 Å². The second-order valence-corrected chi connectivity index (χ2v) is 6.45. The first-order chi connectivity index (χ1) is 12.0. The third-order valence-corrected chi connectivity index (χ3v) is 4.55. The highest BCUT2D eigenvalue weighted by Crippen LogP contribution is 2.18. The van der Waals surface area contributed by atoms with Crippen LogP contribution >= 0.6 is 0 Å². The summed E-state index contributed by atoms with van der Waals surface area (Å²) in [7, 11) is 0. The number of carbonyl (C=O) groups excluding carboxylic acids is 1. The quantitative estimate of drug-likeness (QED) is 0.911. The van der Waals surface area contributed by atoms with E-state index < -0.39 is 0 Å². The third-order valence-electron chi connectivity index (χ3n) is 4.55. The maximum Gasteiger partial charge on any atom is 0.261 e. The molecule has 1 aromatic heterocycles. The third kappa shape index (κ3) is 3.73. The number of hydrogen-bond acceptors (Lipinski definition) is 3. The van der Waals surface area contributed by atoms with Gasteiger partial charge in [0, 0.05) is 37.6 Å². The van der Waals surface area contributed by atoms with Crippen molar-refractivity contribution in [3.05, 3.63) is 63.3 Å². The average Bonchev–Trinajstić information content (AvgIpc) is 2.80. The van der Waals surface area contributed by atoms with E-state index in [-0.39, 0.29) is 22.8 Å². The molecule has 132 valence electrons. The van der Waals surface area contributed by atoms with E-state index in [1.807, 2.05) is 6.07 Å². The lowest BCUT2D eigenvalue weighted by Crippen LogP contribution is -2.38. The molecule has 0 spiro atoms. The summed E-state index contributed by atoms with van der Waals surface area (Å²) in [6.45, 7) is 6.17. The number of rotatable bonds is 2. The Labute approximate surface area is 146 Å². The van der Waals surface area contributed by atoms with Crippen LogP contribution < -0.4 is 10.5 Å². The summed E-state index contributed by atoms with van der Waals surface area (Å²) in [5.41, 5.74) is 2.28. The summed E-state index contributed by atoms with van der Waals surface area (Å²) in [5.74, 6) is -0.482. The monoisotopic (exact) mass is 343 g/mol. The van der Waals surface area contributed by atoms with Crippen molar-refractivity contribution in [1.29, 1.82) is 0 Å². The van der Waals surface area contributed by atoms with Crippen LogP contribution in [0.2, 0.25) is 0 Å². The van der Waals surface area contributed by atoms with E-state index in [2.05, 4.69) is 9.88 Å². The number of hydrogen-bond donors (Lipinski definition) is 1. The topological polar surface area (TPSA) is 56.4 Å². The van der Waals surface area contributed by atoms with Crippen molar-refractivity contribution in [1.82, 2.24) is 9.88 Å². The Morgan fingerprint density at radius 3 is 2.48 bits per heavy atom. The molecule has 1 aromatic carbocycles. The smallest absolute Gasteiger partial charge is 0.261 e. The van der Waals surface area contributed by atoms with Crippen LogP contribution in [0.4, 0.5) is 10.1 Å². The van der Waals surface area contributed by atoms with Gasteiger partial charge in [-0.3, -0.25) is 9.59 Å². The van der Waals surface area contributed by atoms with Gasteiger partial charge < -0.3 is 14.8 Å². The SMILES string of the molecule is Cc1cc(C)c(C(=O)N2CCCN(c3ccc(F)cc3)CC2)c(=O)[nH]1. The van der Waals surface area contributed by atoms with E-state index in [0.29, 0.717) is 25.2 Å². The molecule has 0 bridgehead atoms. The predicted octanol–water partition coefficient (Wildman–Crippen LogP) is 2.48. The fourth-order valence-corrected chi connectivity index (χ4v) is 3.31. The number of aryl methyl sites for hydroxylation is 2. The van der Waals surface area contributed by atoms with Crippen molar-refractivity contribution in [2.24, 2.45) is 0 Å². The standard InChI is InChI=1S/C19H22FN3O2/c1-13-12-14(2)21-18(24)17(13)19(25)23-9-3-8-22(10-11-23)16-6-4-15(20)5-7-16/h4-7,12H,3,8-11H2,1-2H3,(H,21,24). The van der Waals surface area contributed by atoms with Crippen molar-refractivity contribution in [3.8, 4) is 0 Å². The Morgan fingerprint density at radius 2 is 1.80 bits per heavy atom. The van der Waals surface area contributed by atoms with Gasteiger partial charge >= 0.3 is 0 Å². The molecule has 2 heterocycles.